The Hall–Kier alpha value is -1.12. The van der Waals surface area contributed by atoms with Crippen LogP contribution in [0.15, 0.2) is 12.5 Å². The second kappa shape index (κ2) is 3.52. The molecule has 0 fully saturated rings. The number of ketones is 1. The van der Waals surface area contributed by atoms with Crippen molar-refractivity contribution in [1.82, 2.24) is 9.55 Å². The van der Waals surface area contributed by atoms with Gasteiger partial charge in [0.2, 0.25) is 0 Å². The van der Waals surface area contributed by atoms with E-state index in [4.69, 9.17) is 0 Å². The molecule has 0 spiro atoms. The molecule has 0 aliphatic heterocycles. The van der Waals surface area contributed by atoms with Crippen LogP contribution < -0.4 is 0 Å². The average molecular weight is 166 g/mol. The van der Waals surface area contributed by atoms with Gasteiger partial charge >= 0.3 is 0 Å². The molecule has 0 unspecified atom stereocenters. The molecule has 0 aromatic carbocycles. The summed E-state index contributed by atoms with van der Waals surface area (Å²) >= 11 is 0. The normalized spacial score (nSPS) is 10.7. The molecule has 0 aliphatic rings. The van der Waals surface area contributed by atoms with Crippen molar-refractivity contribution < 1.29 is 4.79 Å². The first-order valence-corrected chi connectivity index (χ1v) is 4.10. The lowest BCUT2D eigenvalue weighted by atomic mass is 10.1. The van der Waals surface area contributed by atoms with Gasteiger partial charge in [0, 0.05) is 13.5 Å². The number of aryl methyl sites for hydroxylation is 1. The highest BCUT2D eigenvalue weighted by Gasteiger charge is 2.10. The molecule has 1 aromatic rings. The van der Waals surface area contributed by atoms with E-state index in [9.17, 15) is 4.79 Å². The Kier molecular flexibility index (Phi) is 2.63. The lowest BCUT2D eigenvalue weighted by Crippen LogP contribution is -2.07. The van der Waals surface area contributed by atoms with Crippen molar-refractivity contribution in [3.63, 3.8) is 0 Å². The van der Waals surface area contributed by atoms with Gasteiger partial charge in [0.05, 0.1) is 12.5 Å². The van der Waals surface area contributed by atoms with Crippen molar-refractivity contribution in [3.8, 4) is 0 Å². The summed E-state index contributed by atoms with van der Waals surface area (Å²) in [6.45, 7) is 4.07. The highest BCUT2D eigenvalue weighted by Crippen LogP contribution is 2.07. The molecule has 1 heterocycles. The molecule has 0 N–H and O–H groups in total. The molecule has 3 heteroatoms. The number of aromatic nitrogens is 2. The van der Waals surface area contributed by atoms with Crippen LogP contribution in [0.25, 0.3) is 0 Å². The summed E-state index contributed by atoms with van der Waals surface area (Å²) < 4.78 is 1.75. The number of carbonyl (C=O) groups is 1. The SMILES string of the molecule is CC(C)CC(=O)c1cncn1C. The van der Waals surface area contributed by atoms with Gasteiger partial charge in [-0.2, -0.15) is 0 Å². The van der Waals surface area contributed by atoms with E-state index in [1.807, 2.05) is 20.9 Å². The number of imidazole rings is 1. The van der Waals surface area contributed by atoms with Crippen LogP contribution >= 0.6 is 0 Å². The van der Waals surface area contributed by atoms with Crippen LogP contribution in [0.4, 0.5) is 0 Å². The Balaban J connectivity index is 2.72. The number of Topliss-reactive ketones (excluding diaryl/α,β-unsaturated/α-hetero) is 1. The van der Waals surface area contributed by atoms with Crippen molar-refractivity contribution >= 4 is 5.78 Å². The molecule has 0 saturated carbocycles. The summed E-state index contributed by atoms with van der Waals surface area (Å²) in [5.41, 5.74) is 0.698. The standard InChI is InChI=1S/C9H14N2O/c1-7(2)4-9(12)8-5-10-6-11(8)3/h5-7H,4H2,1-3H3. The maximum atomic E-state index is 11.5. The molecule has 0 atom stereocenters. The van der Waals surface area contributed by atoms with E-state index in [2.05, 4.69) is 4.98 Å². The van der Waals surface area contributed by atoms with Gasteiger partial charge in [0.1, 0.15) is 5.69 Å². The topological polar surface area (TPSA) is 34.9 Å². The zero-order chi connectivity index (χ0) is 9.14. The summed E-state index contributed by atoms with van der Waals surface area (Å²) in [6.07, 6.45) is 3.86. The minimum absolute atomic E-state index is 0.171. The monoisotopic (exact) mass is 166 g/mol. The van der Waals surface area contributed by atoms with Gasteiger partial charge in [-0.25, -0.2) is 4.98 Å². The van der Waals surface area contributed by atoms with Gasteiger partial charge < -0.3 is 4.57 Å². The van der Waals surface area contributed by atoms with Gasteiger partial charge in [-0.3, -0.25) is 4.79 Å². The summed E-state index contributed by atoms with van der Waals surface area (Å²) in [6, 6.07) is 0. The van der Waals surface area contributed by atoms with Crippen LogP contribution in [0.2, 0.25) is 0 Å². The molecule has 66 valence electrons. The zero-order valence-corrected chi connectivity index (χ0v) is 7.74. The quantitative estimate of drug-likeness (QED) is 0.640. The smallest absolute Gasteiger partial charge is 0.181 e. The Labute approximate surface area is 72.4 Å². The second-order valence-electron chi connectivity index (χ2n) is 3.41. The molecule has 0 saturated heterocycles. The van der Waals surface area contributed by atoms with E-state index in [1.165, 1.54) is 0 Å². The van der Waals surface area contributed by atoms with Crippen LogP contribution in [0, 0.1) is 5.92 Å². The van der Waals surface area contributed by atoms with Crippen LogP contribution in [0.5, 0.6) is 0 Å². The van der Waals surface area contributed by atoms with Crippen molar-refractivity contribution in [1.29, 1.82) is 0 Å². The zero-order valence-electron chi connectivity index (χ0n) is 7.74. The first-order valence-electron chi connectivity index (χ1n) is 4.10. The van der Waals surface area contributed by atoms with E-state index < -0.39 is 0 Å². The number of hydrogen-bond acceptors (Lipinski definition) is 2. The predicted molar refractivity (Wildman–Crippen MR) is 47.0 cm³/mol. The van der Waals surface area contributed by atoms with E-state index in [0.717, 1.165) is 0 Å². The van der Waals surface area contributed by atoms with Gasteiger partial charge in [0.15, 0.2) is 5.78 Å². The molecule has 0 amide bonds. The Morgan fingerprint density at radius 1 is 1.67 bits per heavy atom. The third-order valence-electron chi connectivity index (χ3n) is 1.70. The van der Waals surface area contributed by atoms with Crippen LogP contribution in [-0.2, 0) is 7.05 Å². The summed E-state index contributed by atoms with van der Waals surface area (Å²) in [5, 5.41) is 0. The average Bonchev–Trinajstić information content (AvgIpc) is 2.33. The second-order valence-corrected chi connectivity index (χ2v) is 3.41. The fourth-order valence-corrected chi connectivity index (χ4v) is 1.10. The number of hydrogen-bond donors (Lipinski definition) is 0. The Morgan fingerprint density at radius 3 is 2.75 bits per heavy atom. The van der Waals surface area contributed by atoms with E-state index >= 15 is 0 Å². The lowest BCUT2D eigenvalue weighted by Gasteiger charge is -2.03. The molecule has 3 nitrogen and oxygen atoms in total. The highest BCUT2D eigenvalue weighted by atomic mass is 16.1. The summed E-state index contributed by atoms with van der Waals surface area (Å²) in [5.74, 6) is 0.581. The van der Waals surface area contributed by atoms with Gasteiger partial charge in [-0.1, -0.05) is 13.8 Å². The largest absolute Gasteiger partial charge is 0.331 e. The van der Waals surface area contributed by atoms with Crippen molar-refractivity contribution in [2.45, 2.75) is 20.3 Å². The molecule has 0 radical (unpaired) electrons. The molecule has 0 aliphatic carbocycles. The molecule has 1 aromatic heterocycles. The van der Waals surface area contributed by atoms with E-state index in [1.54, 1.807) is 17.1 Å². The van der Waals surface area contributed by atoms with Crippen molar-refractivity contribution in [2.75, 3.05) is 0 Å². The van der Waals surface area contributed by atoms with Gasteiger partial charge in [-0.05, 0) is 5.92 Å². The Morgan fingerprint density at radius 2 is 2.33 bits per heavy atom. The number of nitrogens with zero attached hydrogens (tertiary/aromatic N) is 2. The molecule has 0 bridgehead atoms. The molecule has 1 rings (SSSR count). The Bertz CT molecular complexity index is 276. The number of carbonyl (C=O) groups excluding carboxylic acids is 1. The van der Waals surface area contributed by atoms with Crippen LogP contribution in [0.1, 0.15) is 30.8 Å². The minimum Gasteiger partial charge on any atom is -0.331 e. The van der Waals surface area contributed by atoms with Gasteiger partial charge in [0.25, 0.3) is 0 Å². The fraction of sp³-hybridized carbons (Fsp3) is 0.556. The summed E-state index contributed by atoms with van der Waals surface area (Å²) in [7, 11) is 1.83. The van der Waals surface area contributed by atoms with E-state index in [0.29, 0.717) is 18.0 Å². The summed E-state index contributed by atoms with van der Waals surface area (Å²) in [4.78, 5) is 15.4. The highest BCUT2D eigenvalue weighted by molar-refractivity contribution is 5.94. The van der Waals surface area contributed by atoms with Crippen molar-refractivity contribution in [2.24, 2.45) is 13.0 Å². The third kappa shape index (κ3) is 1.94. The predicted octanol–water partition coefficient (Wildman–Crippen LogP) is 1.65. The third-order valence-corrected chi connectivity index (χ3v) is 1.70. The lowest BCUT2D eigenvalue weighted by molar-refractivity contribution is 0.0960. The fourth-order valence-electron chi connectivity index (χ4n) is 1.10. The number of rotatable bonds is 3. The molecular weight excluding hydrogens is 152 g/mol. The van der Waals surface area contributed by atoms with E-state index in [-0.39, 0.29) is 5.78 Å². The minimum atomic E-state index is 0.171. The maximum absolute atomic E-state index is 11.5. The first kappa shape index (κ1) is 8.97. The first-order chi connectivity index (χ1) is 5.61. The van der Waals surface area contributed by atoms with Crippen molar-refractivity contribution in [3.05, 3.63) is 18.2 Å². The molecule has 12 heavy (non-hydrogen) atoms. The van der Waals surface area contributed by atoms with Crippen LogP contribution in [-0.4, -0.2) is 15.3 Å². The maximum Gasteiger partial charge on any atom is 0.181 e. The molecular formula is C9H14N2O. The van der Waals surface area contributed by atoms with Gasteiger partial charge in [-0.15, -0.1) is 0 Å². The van der Waals surface area contributed by atoms with Crippen LogP contribution in [0.3, 0.4) is 0 Å².